The molecule has 21 heavy (non-hydrogen) atoms. The predicted molar refractivity (Wildman–Crippen MR) is 80.4 cm³/mol. The number of nitrogens with zero attached hydrogens (tertiary/aromatic N) is 2. The van der Waals surface area contributed by atoms with Crippen molar-refractivity contribution in [3.05, 3.63) is 35.6 Å². The fraction of sp³-hybridized carbons (Fsp3) is 0.588. The molecule has 3 rings (SSSR count). The third-order valence-electron chi connectivity index (χ3n) is 4.79. The Balaban J connectivity index is 1.50. The number of benzene rings is 1. The van der Waals surface area contributed by atoms with E-state index in [1.807, 2.05) is 11.0 Å². The van der Waals surface area contributed by atoms with E-state index in [1.54, 1.807) is 6.07 Å². The minimum absolute atomic E-state index is 0.110. The molecule has 0 radical (unpaired) electrons. The average Bonchev–Trinajstić information content (AvgIpc) is 3.31. The summed E-state index contributed by atoms with van der Waals surface area (Å²) in [5.41, 5.74) is 0.758. The number of hydrogen-bond acceptors (Lipinski definition) is 2. The molecular formula is C17H23FN2O. The highest BCUT2D eigenvalue weighted by molar-refractivity contribution is 5.78. The maximum Gasteiger partial charge on any atom is 0.227 e. The largest absolute Gasteiger partial charge is 0.340 e. The summed E-state index contributed by atoms with van der Waals surface area (Å²) in [6.45, 7) is 5.83. The third-order valence-corrected chi connectivity index (χ3v) is 4.79. The fourth-order valence-corrected chi connectivity index (χ4v) is 3.19. The van der Waals surface area contributed by atoms with Crippen LogP contribution in [-0.2, 0) is 11.2 Å². The lowest BCUT2D eigenvalue weighted by Crippen LogP contribution is -2.52. The topological polar surface area (TPSA) is 23.6 Å². The van der Waals surface area contributed by atoms with Crippen LogP contribution in [0.5, 0.6) is 0 Å². The minimum atomic E-state index is -0.275. The van der Waals surface area contributed by atoms with Crippen LogP contribution in [-0.4, -0.2) is 47.9 Å². The predicted octanol–water partition coefficient (Wildman–Crippen LogP) is 2.31. The average molecular weight is 290 g/mol. The summed E-state index contributed by atoms with van der Waals surface area (Å²) >= 11 is 0. The Morgan fingerprint density at radius 3 is 2.62 bits per heavy atom. The van der Waals surface area contributed by atoms with E-state index in [0.29, 0.717) is 12.5 Å². The molecule has 114 valence electrons. The Morgan fingerprint density at radius 1 is 1.29 bits per heavy atom. The molecule has 2 aliphatic rings. The van der Waals surface area contributed by atoms with Crippen LogP contribution in [0.3, 0.4) is 0 Å². The Kier molecular flexibility index (Phi) is 4.24. The number of piperazine rings is 1. The summed E-state index contributed by atoms with van der Waals surface area (Å²) in [6.07, 6.45) is 3.02. The molecule has 0 aromatic heterocycles. The van der Waals surface area contributed by atoms with Gasteiger partial charge < -0.3 is 4.90 Å². The summed E-state index contributed by atoms with van der Waals surface area (Å²) in [4.78, 5) is 16.7. The van der Waals surface area contributed by atoms with E-state index < -0.39 is 0 Å². The van der Waals surface area contributed by atoms with Crippen molar-refractivity contribution in [3.8, 4) is 0 Å². The van der Waals surface area contributed by atoms with Crippen LogP contribution in [0.15, 0.2) is 24.3 Å². The molecule has 0 N–H and O–H groups in total. The number of hydrogen-bond donors (Lipinski definition) is 0. The van der Waals surface area contributed by atoms with Crippen molar-refractivity contribution in [2.75, 3.05) is 26.2 Å². The first-order valence-electron chi connectivity index (χ1n) is 7.90. The molecule has 1 heterocycles. The van der Waals surface area contributed by atoms with Gasteiger partial charge in [-0.15, -0.1) is 0 Å². The number of rotatable bonds is 4. The van der Waals surface area contributed by atoms with Gasteiger partial charge in [-0.25, -0.2) is 4.39 Å². The molecule has 1 amide bonds. The van der Waals surface area contributed by atoms with E-state index in [1.165, 1.54) is 25.0 Å². The van der Waals surface area contributed by atoms with Crippen LogP contribution in [0.1, 0.15) is 25.3 Å². The lowest BCUT2D eigenvalue weighted by molar-refractivity contribution is -0.132. The molecular weight excluding hydrogens is 267 g/mol. The quantitative estimate of drug-likeness (QED) is 0.849. The highest BCUT2D eigenvalue weighted by atomic mass is 19.1. The zero-order valence-electron chi connectivity index (χ0n) is 12.6. The summed E-state index contributed by atoms with van der Waals surface area (Å²) in [5, 5.41) is 0. The molecule has 0 bridgehead atoms. The lowest BCUT2D eigenvalue weighted by atomic mass is 10.1. The first kappa shape index (κ1) is 14.5. The first-order valence-corrected chi connectivity index (χ1v) is 7.90. The second kappa shape index (κ2) is 6.14. The SMILES string of the molecule is CC(C1CC1)N1CCN(C(=O)Cc2cccc(F)c2)CC1. The van der Waals surface area contributed by atoms with Crippen molar-refractivity contribution >= 4 is 5.91 Å². The van der Waals surface area contributed by atoms with Crippen molar-refractivity contribution in [3.63, 3.8) is 0 Å². The van der Waals surface area contributed by atoms with Crippen molar-refractivity contribution in [2.24, 2.45) is 5.92 Å². The molecule has 1 aliphatic heterocycles. The molecule has 0 spiro atoms. The maximum absolute atomic E-state index is 13.1. The molecule has 1 saturated carbocycles. The number of carbonyl (C=O) groups is 1. The third kappa shape index (κ3) is 3.62. The molecule has 1 saturated heterocycles. The van der Waals surface area contributed by atoms with Crippen molar-refractivity contribution < 1.29 is 9.18 Å². The minimum Gasteiger partial charge on any atom is -0.340 e. The van der Waals surface area contributed by atoms with Gasteiger partial charge in [-0.3, -0.25) is 9.69 Å². The molecule has 4 heteroatoms. The first-order chi connectivity index (χ1) is 10.1. The van der Waals surface area contributed by atoms with Gasteiger partial charge >= 0.3 is 0 Å². The van der Waals surface area contributed by atoms with Gasteiger partial charge in [0.05, 0.1) is 6.42 Å². The van der Waals surface area contributed by atoms with Crippen molar-refractivity contribution in [1.29, 1.82) is 0 Å². The van der Waals surface area contributed by atoms with E-state index in [0.717, 1.165) is 37.7 Å². The molecule has 1 unspecified atom stereocenters. The highest BCUT2D eigenvalue weighted by Gasteiger charge is 2.33. The van der Waals surface area contributed by atoms with Crippen LogP contribution in [0.2, 0.25) is 0 Å². The van der Waals surface area contributed by atoms with Gasteiger partial charge in [-0.05, 0) is 43.4 Å². The van der Waals surface area contributed by atoms with Gasteiger partial charge in [0.1, 0.15) is 5.82 Å². The molecule has 1 aliphatic carbocycles. The second-order valence-electron chi connectivity index (χ2n) is 6.30. The van der Waals surface area contributed by atoms with E-state index in [4.69, 9.17) is 0 Å². The smallest absolute Gasteiger partial charge is 0.227 e. The maximum atomic E-state index is 13.1. The monoisotopic (exact) mass is 290 g/mol. The normalized spacial score (nSPS) is 21.3. The van der Waals surface area contributed by atoms with Crippen molar-refractivity contribution in [2.45, 2.75) is 32.2 Å². The van der Waals surface area contributed by atoms with E-state index in [2.05, 4.69) is 11.8 Å². The van der Waals surface area contributed by atoms with Crippen molar-refractivity contribution in [1.82, 2.24) is 9.80 Å². The zero-order valence-corrected chi connectivity index (χ0v) is 12.6. The van der Waals surface area contributed by atoms with Crippen LogP contribution in [0.4, 0.5) is 4.39 Å². The number of carbonyl (C=O) groups excluding carboxylic acids is 1. The van der Waals surface area contributed by atoms with Crippen LogP contribution in [0, 0.1) is 11.7 Å². The van der Waals surface area contributed by atoms with Crippen LogP contribution < -0.4 is 0 Å². The number of halogens is 1. The van der Waals surface area contributed by atoms with Gasteiger partial charge in [0.2, 0.25) is 5.91 Å². The highest BCUT2D eigenvalue weighted by Crippen LogP contribution is 2.35. The number of amides is 1. The van der Waals surface area contributed by atoms with Gasteiger partial charge in [0.15, 0.2) is 0 Å². The Hall–Kier alpha value is -1.42. The lowest BCUT2D eigenvalue weighted by Gasteiger charge is -2.38. The van der Waals surface area contributed by atoms with Gasteiger partial charge in [0.25, 0.3) is 0 Å². The van der Waals surface area contributed by atoms with E-state index in [-0.39, 0.29) is 11.7 Å². The van der Waals surface area contributed by atoms with Gasteiger partial charge in [0, 0.05) is 32.2 Å². The fourth-order valence-electron chi connectivity index (χ4n) is 3.19. The van der Waals surface area contributed by atoms with Crippen LogP contribution in [0.25, 0.3) is 0 Å². The van der Waals surface area contributed by atoms with Gasteiger partial charge in [-0.1, -0.05) is 12.1 Å². The molecule has 3 nitrogen and oxygen atoms in total. The second-order valence-corrected chi connectivity index (χ2v) is 6.30. The van der Waals surface area contributed by atoms with Gasteiger partial charge in [-0.2, -0.15) is 0 Å². The Morgan fingerprint density at radius 2 is 2.00 bits per heavy atom. The van der Waals surface area contributed by atoms with Crippen LogP contribution >= 0.6 is 0 Å². The summed E-state index contributed by atoms with van der Waals surface area (Å²) in [5.74, 6) is 0.710. The standard InChI is InChI=1S/C17H23FN2O/c1-13(15-5-6-15)19-7-9-20(10-8-19)17(21)12-14-3-2-4-16(18)11-14/h2-4,11,13,15H,5-10,12H2,1H3. The molecule has 1 aromatic carbocycles. The zero-order chi connectivity index (χ0) is 14.8. The molecule has 2 fully saturated rings. The summed E-state index contributed by atoms with van der Waals surface area (Å²) in [7, 11) is 0. The summed E-state index contributed by atoms with van der Waals surface area (Å²) < 4.78 is 13.1. The van der Waals surface area contributed by atoms with E-state index in [9.17, 15) is 9.18 Å². The molecule has 1 aromatic rings. The Bertz CT molecular complexity index is 507. The molecule has 1 atom stereocenters. The summed E-state index contributed by atoms with van der Waals surface area (Å²) in [6, 6.07) is 6.99. The van der Waals surface area contributed by atoms with E-state index >= 15 is 0 Å². The Labute approximate surface area is 125 Å².